The van der Waals surface area contributed by atoms with E-state index in [1.807, 2.05) is 0 Å². The highest BCUT2D eigenvalue weighted by atomic mass is 32.1. The molecule has 1 aromatic carbocycles. The third-order valence-electron chi connectivity index (χ3n) is 2.77. The van der Waals surface area contributed by atoms with Gasteiger partial charge in [0.25, 0.3) is 5.56 Å². The van der Waals surface area contributed by atoms with Crippen LogP contribution in [0.5, 0.6) is 0 Å². The molecule has 0 bridgehead atoms. The fourth-order valence-corrected chi connectivity index (χ4v) is 2.85. The number of nitrogens with zero attached hydrogens (tertiary/aromatic N) is 1. The smallest absolute Gasteiger partial charge is 0.268 e. The molecular formula is C12H3F5N2OS. The molecule has 0 saturated carbocycles. The highest BCUT2D eigenvalue weighted by Crippen LogP contribution is 2.36. The number of nitrogens with one attached hydrogen (secondary N) is 1. The molecule has 2 aromatic heterocycles. The molecular weight excluding hydrogens is 315 g/mol. The number of aromatic nitrogens is 2. The van der Waals surface area contributed by atoms with Gasteiger partial charge in [0.05, 0.1) is 17.4 Å². The van der Waals surface area contributed by atoms with Crippen molar-refractivity contribution in [2.24, 2.45) is 0 Å². The Bertz CT molecular complexity index is 904. The number of aromatic amines is 1. The van der Waals surface area contributed by atoms with E-state index in [9.17, 15) is 26.7 Å². The minimum atomic E-state index is -2.23. The first-order valence-electron chi connectivity index (χ1n) is 5.41. The van der Waals surface area contributed by atoms with Crippen LogP contribution in [0.1, 0.15) is 0 Å². The van der Waals surface area contributed by atoms with Crippen molar-refractivity contribution < 1.29 is 22.0 Å². The summed E-state index contributed by atoms with van der Waals surface area (Å²) in [6.45, 7) is 0. The van der Waals surface area contributed by atoms with Crippen molar-refractivity contribution in [3.05, 3.63) is 51.8 Å². The van der Waals surface area contributed by atoms with Crippen LogP contribution in [0.3, 0.4) is 0 Å². The maximum Gasteiger partial charge on any atom is 0.268 e. The first-order chi connectivity index (χ1) is 9.91. The summed E-state index contributed by atoms with van der Waals surface area (Å²) < 4.78 is 66.8. The normalized spacial score (nSPS) is 11.3. The van der Waals surface area contributed by atoms with Crippen molar-refractivity contribution in [1.82, 2.24) is 9.97 Å². The molecule has 3 aromatic rings. The highest BCUT2D eigenvalue weighted by molar-refractivity contribution is 7.22. The Kier molecular flexibility index (Phi) is 3.01. The van der Waals surface area contributed by atoms with E-state index in [1.54, 1.807) is 0 Å². The third-order valence-corrected chi connectivity index (χ3v) is 3.91. The van der Waals surface area contributed by atoms with Gasteiger partial charge >= 0.3 is 0 Å². The van der Waals surface area contributed by atoms with Crippen LogP contribution < -0.4 is 5.56 Å². The van der Waals surface area contributed by atoms with Gasteiger partial charge in [-0.15, -0.1) is 11.3 Å². The second kappa shape index (κ2) is 4.62. The van der Waals surface area contributed by atoms with Gasteiger partial charge in [0.2, 0.25) is 5.82 Å². The summed E-state index contributed by atoms with van der Waals surface area (Å²) >= 11 is 0.587. The topological polar surface area (TPSA) is 45.8 Å². The summed E-state index contributed by atoms with van der Waals surface area (Å²) in [5.41, 5.74) is -1.54. The first kappa shape index (κ1) is 13.7. The highest BCUT2D eigenvalue weighted by Gasteiger charge is 2.27. The number of hydrogen-bond acceptors (Lipinski definition) is 3. The molecule has 2 heterocycles. The standard InChI is InChI=1S/C12H3F5N2OS/c13-6-5(7(14)9(16)10(17)8(6)15)4-1-3-11(21-4)12(20)19-2-18-3/h1-2H,(H,18,19,20). The predicted molar refractivity (Wildman–Crippen MR) is 65.5 cm³/mol. The lowest BCUT2D eigenvalue weighted by Gasteiger charge is -2.05. The Hall–Kier alpha value is -2.29. The maximum atomic E-state index is 13.7. The van der Waals surface area contributed by atoms with Crippen molar-refractivity contribution in [3.8, 4) is 10.4 Å². The van der Waals surface area contributed by atoms with Gasteiger partial charge in [0.1, 0.15) is 4.70 Å². The largest absolute Gasteiger partial charge is 0.312 e. The molecule has 21 heavy (non-hydrogen) atoms. The molecule has 0 aliphatic heterocycles. The van der Waals surface area contributed by atoms with Crippen molar-refractivity contribution in [3.63, 3.8) is 0 Å². The van der Waals surface area contributed by atoms with Crippen LogP contribution in [0.15, 0.2) is 17.2 Å². The molecule has 0 saturated heterocycles. The lowest BCUT2D eigenvalue weighted by molar-refractivity contribution is 0.381. The average molecular weight is 318 g/mol. The van der Waals surface area contributed by atoms with Crippen molar-refractivity contribution in [2.75, 3.05) is 0 Å². The van der Waals surface area contributed by atoms with Gasteiger partial charge in [-0.3, -0.25) is 4.79 Å². The number of benzene rings is 1. The van der Waals surface area contributed by atoms with E-state index in [4.69, 9.17) is 0 Å². The van der Waals surface area contributed by atoms with E-state index in [1.165, 1.54) is 0 Å². The zero-order valence-corrected chi connectivity index (χ0v) is 10.6. The first-order valence-corrected chi connectivity index (χ1v) is 6.22. The molecule has 0 radical (unpaired) electrons. The SMILES string of the molecule is O=c1[nH]cnc2cc(-c3c(F)c(F)c(F)c(F)c3F)sc12. The Morgan fingerprint density at radius 1 is 0.952 bits per heavy atom. The maximum absolute atomic E-state index is 13.7. The molecule has 0 aliphatic rings. The Labute approximate surface area is 116 Å². The van der Waals surface area contributed by atoms with Gasteiger partial charge < -0.3 is 4.98 Å². The molecule has 0 aliphatic carbocycles. The summed E-state index contributed by atoms with van der Waals surface area (Å²) in [5, 5.41) is 0. The molecule has 3 nitrogen and oxygen atoms in total. The Morgan fingerprint density at radius 2 is 1.52 bits per heavy atom. The molecule has 1 N–H and O–H groups in total. The van der Waals surface area contributed by atoms with E-state index >= 15 is 0 Å². The summed E-state index contributed by atoms with van der Waals surface area (Å²) in [6, 6.07) is 1.09. The molecule has 0 unspecified atom stereocenters. The van der Waals surface area contributed by atoms with E-state index < -0.39 is 40.2 Å². The van der Waals surface area contributed by atoms with Gasteiger partial charge in [-0.1, -0.05) is 0 Å². The van der Waals surface area contributed by atoms with Crippen LogP contribution in [-0.4, -0.2) is 9.97 Å². The number of fused-ring (bicyclic) bond motifs is 1. The van der Waals surface area contributed by atoms with Gasteiger partial charge in [0, 0.05) is 4.88 Å². The quantitative estimate of drug-likeness (QED) is 0.425. The van der Waals surface area contributed by atoms with E-state index in [0.717, 1.165) is 12.4 Å². The monoisotopic (exact) mass is 318 g/mol. The second-order valence-corrected chi connectivity index (χ2v) is 5.05. The molecule has 9 heteroatoms. The van der Waals surface area contributed by atoms with Crippen molar-refractivity contribution in [1.29, 1.82) is 0 Å². The summed E-state index contributed by atoms with van der Waals surface area (Å²) in [7, 11) is 0. The van der Waals surface area contributed by atoms with E-state index in [2.05, 4.69) is 9.97 Å². The van der Waals surface area contributed by atoms with E-state index in [-0.39, 0.29) is 15.1 Å². The van der Waals surface area contributed by atoms with Crippen molar-refractivity contribution >= 4 is 21.6 Å². The summed E-state index contributed by atoms with van der Waals surface area (Å²) in [6.07, 6.45) is 1.07. The minimum Gasteiger partial charge on any atom is -0.312 e. The van der Waals surface area contributed by atoms with Crippen LogP contribution in [0.25, 0.3) is 20.7 Å². The van der Waals surface area contributed by atoms with Crippen LogP contribution in [0, 0.1) is 29.1 Å². The van der Waals surface area contributed by atoms with E-state index in [0.29, 0.717) is 11.3 Å². The van der Waals surface area contributed by atoms with Crippen LogP contribution in [0.4, 0.5) is 22.0 Å². The lowest BCUT2D eigenvalue weighted by Crippen LogP contribution is -2.03. The number of thiophene rings is 1. The summed E-state index contributed by atoms with van der Waals surface area (Å²) in [5.74, 6) is -10.2. The van der Waals surface area contributed by atoms with Gasteiger partial charge in [-0.25, -0.2) is 26.9 Å². The summed E-state index contributed by atoms with van der Waals surface area (Å²) in [4.78, 5) is 17.2. The van der Waals surface area contributed by atoms with Crippen LogP contribution in [0.2, 0.25) is 0 Å². The average Bonchev–Trinajstić information content (AvgIpc) is 2.88. The third kappa shape index (κ3) is 1.92. The van der Waals surface area contributed by atoms with Crippen LogP contribution in [-0.2, 0) is 0 Å². The minimum absolute atomic E-state index is 0.0245. The molecule has 108 valence electrons. The molecule has 0 spiro atoms. The molecule has 3 rings (SSSR count). The fraction of sp³-hybridized carbons (Fsp3) is 0. The van der Waals surface area contributed by atoms with Crippen LogP contribution >= 0.6 is 11.3 Å². The van der Waals surface area contributed by atoms with Gasteiger partial charge in [-0.2, -0.15) is 0 Å². The number of hydrogen-bond donors (Lipinski definition) is 1. The van der Waals surface area contributed by atoms with Crippen molar-refractivity contribution in [2.45, 2.75) is 0 Å². The molecule has 0 amide bonds. The molecule has 0 fully saturated rings. The Balaban J connectivity index is 2.38. The predicted octanol–water partition coefficient (Wildman–Crippen LogP) is 3.35. The lowest BCUT2D eigenvalue weighted by atomic mass is 10.1. The number of H-pyrrole nitrogens is 1. The second-order valence-electron chi connectivity index (χ2n) is 4.00. The zero-order chi connectivity index (χ0) is 15.3. The zero-order valence-electron chi connectivity index (χ0n) is 9.81. The molecule has 0 atom stereocenters. The Morgan fingerprint density at radius 3 is 2.10 bits per heavy atom. The fourth-order valence-electron chi connectivity index (χ4n) is 1.81. The van der Waals surface area contributed by atoms with Gasteiger partial charge in [0.15, 0.2) is 23.3 Å². The number of halogens is 5. The number of rotatable bonds is 1. The van der Waals surface area contributed by atoms with Gasteiger partial charge in [-0.05, 0) is 6.07 Å².